The quantitative estimate of drug-likeness (QED) is 0.666. The van der Waals surface area contributed by atoms with Gasteiger partial charge in [0.15, 0.2) is 0 Å². The Morgan fingerprint density at radius 3 is 2.85 bits per heavy atom. The van der Waals surface area contributed by atoms with E-state index in [1.807, 2.05) is 0 Å². The number of aromatic carboxylic acids is 1. The number of nitrogens with one attached hydrogen (secondary N) is 1. The van der Waals surface area contributed by atoms with Crippen molar-refractivity contribution in [3.63, 3.8) is 0 Å². The summed E-state index contributed by atoms with van der Waals surface area (Å²) in [7, 11) is 0. The maximum Gasteiger partial charge on any atom is 0.337 e. The first-order chi connectivity index (χ1) is 6.06. The molecule has 1 aromatic rings. The van der Waals surface area contributed by atoms with Gasteiger partial charge in [-0.2, -0.15) is 5.26 Å². The fourth-order valence-corrected chi connectivity index (χ4v) is 1.28. The second kappa shape index (κ2) is 3.37. The van der Waals surface area contributed by atoms with Crippen molar-refractivity contribution in [3.8, 4) is 6.07 Å². The number of H-pyrrole nitrogens is 1. The lowest BCUT2D eigenvalue weighted by atomic mass is 10.1. The summed E-state index contributed by atoms with van der Waals surface area (Å²) < 4.78 is 0.167. The number of hydrogen-bond donors (Lipinski definition) is 2. The molecule has 0 saturated heterocycles. The van der Waals surface area contributed by atoms with Crippen LogP contribution in [0, 0.1) is 22.9 Å². The highest BCUT2D eigenvalue weighted by atomic mass is 32.1. The van der Waals surface area contributed by atoms with Gasteiger partial charge >= 0.3 is 5.97 Å². The molecule has 1 rings (SSSR count). The predicted octanol–water partition coefficient (Wildman–Crippen LogP) is 1.62. The van der Waals surface area contributed by atoms with E-state index in [4.69, 9.17) is 22.6 Å². The summed E-state index contributed by atoms with van der Waals surface area (Å²) in [4.78, 5) is 13.4. The van der Waals surface area contributed by atoms with E-state index in [1.54, 1.807) is 13.0 Å². The molecule has 0 amide bonds. The molecule has 2 N–H and O–H groups in total. The van der Waals surface area contributed by atoms with Crippen LogP contribution in [0.1, 0.15) is 21.6 Å². The molecule has 0 unspecified atom stereocenters. The number of aryl methyl sites for hydroxylation is 1. The number of carbonyl (C=O) groups is 1. The average molecular weight is 194 g/mol. The summed E-state index contributed by atoms with van der Waals surface area (Å²) in [6.07, 6.45) is 0. The first kappa shape index (κ1) is 9.42. The molecular formula is C8H6N2O2S. The van der Waals surface area contributed by atoms with Gasteiger partial charge in [-0.1, -0.05) is 12.2 Å². The Balaban J connectivity index is 3.60. The van der Waals surface area contributed by atoms with Crippen LogP contribution in [0.3, 0.4) is 0 Å². The number of rotatable bonds is 1. The molecule has 0 spiro atoms. The minimum atomic E-state index is -1.14. The van der Waals surface area contributed by atoms with Crippen molar-refractivity contribution < 1.29 is 9.90 Å². The third-order valence-electron chi connectivity index (χ3n) is 1.51. The first-order valence-electron chi connectivity index (χ1n) is 3.43. The smallest absolute Gasteiger partial charge is 0.337 e. The van der Waals surface area contributed by atoms with Gasteiger partial charge in [-0.3, -0.25) is 0 Å². The number of carboxylic acid groups (broad SMARTS) is 1. The zero-order valence-corrected chi connectivity index (χ0v) is 7.60. The molecule has 0 saturated carbocycles. The van der Waals surface area contributed by atoms with Crippen LogP contribution in [-0.4, -0.2) is 16.1 Å². The third kappa shape index (κ3) is 1.73. The van der Waals surface area contributed by atoms with Gasteiger partial charge in [0.05, 0.1) is 5.56 Å². The Bertz CT molecular complexity index is 456. The molecule has 0 aromatic carbocycles. The molecule has 66 valence electrons. The van der Waals surface area contributed by atoms with Crippen LogP contribution in [0.4, 0.5) is 0 Å². The zero-order chi connectivity index (χ0) is 10.0. The number of pyridine rings is 1. The second-order valence-corrected chi connectivity index (χ2v) is 2.90. The van der Waals surface area contributed by atoms with Gasteiger partial charge in [-0.25, -0.2) is 4.79 Å². The molecule has 0 fully saturated rings. The summed E-state index contributed by atoms with van der Waals surface area (Å²) in [5.74, 6) is -1.14. The number of hydrogen-bond acceptors (Lipinski definition) is 3. The van der Waals surface area contributed by atoms with Crippen molar-refractivity contribution in [1.29, 1.82) is 5.26 Å². The van der Waals surface area contributed by atoms with Gasteiger partial charge in [0.25, 0.3) is 0 Å². The van der Waals surface area contributed by atoms with Crippen molar-refractivity contribution in [2.45, 2.75) is 6.92 Å². The van der Waals surface area contributed by atoms with Crippen molar-refractivity contribution in [1.82, 2.24) is 4.98 Å². The van der Waals surface area contributed by atoms with E-state index < -0.39 is 5.97 Å². The molecule has 0 atom stereocenters. The lowest BCUT2D eigenvalue weighted by molar-refractivity contribution is 0.0696. The Hall–Kier alpha value is -1.67. The normalized spacial score (nSPS) is 9.23. The summed E-state index contributed by atoms with van der Waals surface area (Å²) in [6, 6.07) is 3.14. The molecular weight excluding hydrogens is 188 g/mol. The Kier molecular flexibility index (Phi) is 2.44. The molecule has 1 heterocycles. The monoisotopic (exact) mass is 194 g/mol. The predicted molar refractivity (Wildman–Crippen MR) is 48.0 cm³/mol. The van der Waals surface area contributed by atoms with Crippen LogP contribution in [0.2, 0.25) is 0 Å². The molecule has 0 aliphatic heterocycles. The fourth-order valence-electron chi connectivity index (χ4n) is 0.968. The highest BCUT2D eigenvalue weighted by molar-refractivity contribution is 7.71. The van der Waals surface area contributed by atoms with Crippen LogP contribution in [0.5, 0.6) is 0 Å². The molecule has 0 bridgehead atoms. The van der Waals surface area contributed by atoms with Gasteiger partial charge < -0.3 is 10.1 Å². The largest absolute Gasteiger partial charge is 0.478 e. The van der Waals surface area contributed by atoms with Crippen LogP contribution in [0.25, 0.3) is 0 Å². The highest BCUT2D eigenvalue weighted by Gasteiger charge is 2.11. The Morgan fingerprint density at radius 1 is 1.77 bits per heavy atom. The number of aromatic nitrogens is 1. The van der Waals surface area contributed by atoms with Crippen molar-refractivity contribution >= 4 is 18.2 Å². The maximum absolute atomic E-state index is 10.7. The highest BCUT2D eigenvalue weighted by Crippen LogP contribution is 2.10. The van der Waals surface area contributed by atoms with E-state index in [-0.39, 0.29) is 15.8 Å². The van der Waals surface area contributed by atoms with Gasteiger partial charge in [0, 0.05) is 5.69 Å². The topological polar surface area (TPSA) is 76.9 Å². The lowest BCUT2D eigenvalue weighted by Gasteiger charge is -2.00. The van der Waals surface area contributed by atoms with E-state index in [1.165, 1.54) is 6.07 Å². The number of nitrogens with zero attached hydrogens (tertiary/aromatic N) is 1. The number of carboxylic acids is 1. The average Bonchev–Trinajstić information content (AvgIpc) is 2.02. The van der Waals surface area contributed by atoms with Gasteiger partial charge in [0.1, 0.15) is 16.3 Å². The molecule has 13 heavy (non-hydrogen) atoms. The minimum absolute atomic E-state index is 0.00750. The standard InChI is InChI=1S/C8H6N2O2S/c1-4-2-5(8(11)12)6(3-9)7(13)10-4/h2H,1H3,(H,10,13)(H,11,12). The Morgan fingerprint density at radius 2 is 2.38 bits per heavy atom. The van der Waals surface area contributed by atoms with Crippen molar-refractivity contribution in [2.75, 3.05) is 0 Å². The lowest BCUT2D eigenvalue weighted by Crippen LogP contribution is -2.03. The summed E-state index contributed by atoms with van der Waals surface area (Å²) in [5.41, 5.74) is 0.582. The van der Waals surface area contributed by atoms with Crippen LogP contribution in [-0.2, 0) is 0 Å². The summed E-state index contributed by atoms with van der Waals surface area (Å²) in [6.45, 7) is 1.68. The van der Waals surface area contributed by atoms with Crippen LogP contribution >= 0.6 is 12.2 Å². The number of nitriles is 1. The minimum Gasteiger partial charge on any atom is -0.478 e. The van der Waals surface area contributed by atoms with E-state index in [0.717, 1.165) is 0 Å². The summed E-state index contributed by atoms with van der Waals surface area (Å²) in [5, 5.41) is 17.4. The Labute approximate surface area is 79.5 Å². The molecule has 4 nitrogen and oxygen atoms in total. The number of aromatic amines is 1. The van der Waals surface area contributed by atoms with Crippen LogP contribution < -0.4 is 0 Å². The molecule has 0 aliphatic rings. The van der Waals surface area contributed by atoms with E-state index in [2.05, 4.69) is 4.98 Å². The second-order valence-electron chi connectivity index (χ2n) is 2.49. The first-order valence-corrected chi connectivity index (χ1v) is 3.84. The van der Waals surface area contributed by atoms with Gasteiger partial charge in [-0.05, 0) is 13.0 Å². The van der Waals surface area contributed by atoms with Crippen LogP contribution in [0.15, 0.2) is 6.07 Å². The molecule has 1 aromatic heterocycles. The zero-order valence-electron chi connectivity index (χ0n) is 6.79. The van der Waals surface area contributed by atoms with Crippen molar-refractivity contribution in [3.05, 3.63) is 27.5 Å². The van der Waals surface area contributed by atoms with Gasteiger partial charge in [-0.15, -0.1) is 0 Å². The van der Waals surface area contributed by atoms with E-state index >= 15 is 0 Å². The van der Waals surface area contributed by atoms with E-state index in [9.17, 15) is 4.79 Å². The SMILES string of the molecule is Cc1cc(C(=O)O)c(C#N)c(=S)[nH]1. The molecule has 5 heteroatoms. The molecule has 0 aliphatic carbocycles. The third-order valence-corrected chi connectivity index (χ3v) is 1.82. The fraction of sp³-hybridized carbons (Fsp3) is 0.125. The van der Waals surface area contributed by atoms with Gasteiger partial charge in [0.2, 0.25) is 0 Å². The summed E-state index contributed by atoms with van der Waals surface area (Å²) >= 11 is 4.80. The van der Waals surface area contributed by atoms with Crippen molar-refractivity contribution in [2.24, 2.45) is 0 Å². The maximum atomic E-state index is 10.7. The molecule has 0 radical (unpaired) electrons. The van der Waals surface area contributed by atoms with E-state index in [0.29, 0.717) is 5.69 Å².